The van der Waals surface area contributed by atoms with Crippen LogP contribution in [-0.2, 0) is 4.79 Å². The topological polar surface area (TPSA) is 79.9 Å². The zero-order valence-corrected chi connectivity index (χ0v) is 9.43. The number of methoxy groups -OCH3 is 1. The Bertz CT molecular complexity index is 570. The number of aliphatic hydroxyl groups excluding tert-OH is 1. The van der Waals surface area contributed by atoms with Crippen LogP contribution >= 0.6 is 0 Å². The van der Waals surface area contributed by atoms with Gasteiger partial charge in [-0.1, -0.05) is 0 Å². The average molecular weight is 236 g/mol. The van der Waals surface area contributed by atoms with E-state index < -0.39 is 12.1 Å². The summed E-state index contributed by atoms with van der Waals surface area (Å²) in [5, 5.41) is 19.0. The molecule has 0 saturated carbocycles. The smallest absolute Gasteiger partial charge is 0.337 e. The van der Waals surface area contributed by atoms with Crippen LogP contribution in [0.15, 0.2) is 22.6 Å². The van der Waals surface area contributed by atoms with E-state index >= 15 is 0 Å². The van der Waals surface area contributed by atoms with Crippen molar-refractivity contribution in [1.82, 2.24) is 0 Å². The van der Waals surface area contributed by atoms with Crippen LogP contribution in [-0.4, -0.2) is 23.3 Å². The fraction of sp³-hybridized carbons (Fsp3) is 0.250. The second kappa shape index (κ2) is 4.10. The van der Waals surface area contributed by atoms with Crippen LogP contribution in [0.1, 0.15) is 17.4 Å². The SMILES string of the molecule is COc1ccc2oc(C)c(C(O)C(=O)O)c2c1. The molecule has 1 aromatic carbocycles. The summed E-state index contributed by atoms with van der Waals surface area (Å²) < 4.78 is 10.4. The zero-order valence-electron chi connectivity index (χ0n) is 9.43. The summed E-state index contributed by atoms with van der Waals surface area (Å²) in [5.74, 6) is -0.334. The minimum atomic E-state index is -1.59. The van der Waals surface area contributed by atoms with Crippen molar-refractivity contribution in [3.05, 3.63) is 29.5 Å². The first-order chi connectivity index (χ1) is 8.04. The molecule has 0 bridgehead atoms. The Kier molecular flexibility index (Phi) is 2.77. The molecule has 1 atom stereocenters. The fourth-order valence-electron chi connectivity index (χ4n) is 1.81. The molecule has 17 heavy (non-hydrogen) atoms. The molecular formula is C12H12O5. The minimum Gasteiger partial charge on any atom is -0.497 e. The maximum absolute atomic E-state index is 10.8. The Balaban J connectivity index is 2.68. The van der Waals surface area contributed by atoms with Crippen molar-refractivity contribution in [3.63, 3.8) is 0 Å². The predicted octanol–water partition coefficient (Wildman–Crippen LogP) is 1.87. The number of rotatable bonds is 3. The second-order valence-corrected chi connectivity index (χ2v) is 3.67. The van der Waals surface area contributed by atoms with E-state index in [4.69, 9.17) is 14.3 Å². The van der Waals surface area contributed by atoms with Gasteiger partial charge < -0.3 is 19.4 Å². The highest BCUT2D eigenvalue weighted by Gasteiger charge is 2.24. The number of carbonyl (C=O) groups is 1. The minimum absolute atomic E-state index is 0.270. The summed E-state index contributed by atoms with van der Waals surface area (Å²) in [6.45, 7) is 1.62. The van der Waals surface area contributed by atoms with Crippen LogP contribution in [0.2, 0.25) is 0 Å². The Hall–Kier alpha value is -2.01. The van der Waals surface area contributed by atoms with Crippen LogP contribution < -0.4 is 4.74 Å². The number of hydrogen-bond donors (Lipinski definition) is 2. The molecule has 0 fully saturated rings. The maximum atomic E-state index is 10.8. The first-order valence-electron chi connectivity index (χ1n) is 5.02. The normalized spacial score (nSPS) is 12.6. The summed E-state index contributed by atoms with van der Waals surface area (Å²) in [5.41, 5.74) is 0.796. The number of ether oxygens (including phenoxy) is 1. The summed E-state index contributed by atoms with van der Waals surface area (Å²) in [4.78, 5) is 10.8. The molecule has 5 heteroatoms. The molecule has 1 unspecified atom stereocenters. The Morgan fingerprint density at radius 2 is 2.18 bits per heavy atom. The third-order valence-corrected chi connectivity index (χ3v) is 2.63. The van der Waals surface area contributed by atoms with Gasteiger partial charge in [-0.05, 0) is 25.1 Å². The van der Waals surface area contributed by atoms with Gasteiger partial charge in [0, 0.05) is 10.9 Å². The molecule has 0 radical (unpaired) electrons. The molecule has 2 N–H and O–H groups in total. The number of aliphatic carboxylic acids is 1. The van der Waals surface area contributed by atoms with Gasteiger partial charge in [-0.3, -0.25) is 0 Å². The summed E-state index contributed by atoms with van der Waals surface area (Å²) in [6, 6.07) is 5.04. The monoisotopic (exact) mass is 236 g/mol. The predicted molar refractivity (Wildman–Crippen MR) is 60.1 cm³/mol. The third-order valence-electron chi connectivity index (χ3n) is 2.63. The maximum Gasteiger partial charge on any atom is 0.337 e. The van der Waals surface area contributed by atoms with Gasteiger partial charge in [-0.2, -0.15) is 0 Å². The quantitative estimate of drug-likeness (QED) is 0.850. The molecule has 1 heterocycles. The average Bonchev–Trinajstić information content (AvgIpc) is 2.62. The lowest BCUT2D eigenvalue weighted by Gasteiger charge is -2.05. The molecular weight excluding hydrogens is 224 g/mol. The molecule has 0 aliphatic carbocycles. The Morgan fingerprint density at radius 1 is 1.47 bits per heavy atom. The van der Waals surface area contributed by atoms with Gasteiger partial charge in [0.1, 0.15) is 17.1 Å². The summed E-state index contributed by atoms with van der Waals surface area (Å²) in [6.07, 6.45) is -1.59. The van der Waals surface area contributed by atoms with E-state index in [0.717, 1.165) is 0 Å². The Morgan fingerprint density at radius 3 is 2.76 bits per heavy atom. The molecule has 2 rings (SSSR count). The molecule has 1 aromatic heterocycles. The van der Waals surface area contributed by atoms with Crippen molar-refractivity contribution in [2.24, 2.45) is 0 Å². The van der Waals surface area contributed by atoms with Crippen molar-refractivity contribution in [2.45, 2.75) is 13.0 Å². The van der Waals surface area contributed by atoms with E-state index in [2.05, 4.69) is 0 Å². The van der Waals surface area contributed by atoms with E-state index in [9.17, 15) is 9.90 Å². The van der Waals surface area contributed by atoms with Crippen LogP contribution in [0, 0.1) is 6.92 Å². The van der Waals surface area contributed by atoms with Gasteiger partial charge in [0.2, 0.25) is 0 Å². The highest BCUT2D eigenvalue weighted by atomic mass is 16.5. The standard InChI is InChI=1S/C12H12O5/c1-6-10(11(13)12(14)15)8-5-7(16-2)3-4-9(8)17-6/h3-5,11,13H,1-2H3,(H,14,15). The van der Waals surface area contributed by atoms with Gasteiger partial charge in [-0.25, -0.2) is 4.79 Å². The van der Waals surface area contributed by atoms with Crippen molar-refractivity contribution >= 4 is 16.9 Å². The van der Waals surface area contributed by atoms with E-state index in [1.807, 2.05) is 0 Å². The van der Waals surface area contributed by atoms with Crippen LogP contribution in [0.3, 0.4) is 0 Å². The van der Waals surface area contributed by atoms with Crippen LogP contribution in [0.25, 0.3) is 11.0 Å². The zero-order chi connectivity index (χ0) is 12.6. The summed E-state index contributed by atoms with van der Waals surface area (Å²) in [7, 11) is 1.52. The van der Waals surface area contributed by atoms with Crippen LogP contribution in [0.4, 0.5) is 0 Å². The molecule has 0 saturated heterocycles. The number of carboxylic acids is 1. The van der Waals surface area contributed by atoms with Crippen LogP contribution in [0.5, 0.6) is 5.75 Å². The number of aliphatic hydroxyl groups is 1. The van der Waals surface area contributed by atoms with Gasteiger partial charge in [0.15, 0.2) is 6.10 Å². The van der Waals surface area contributed by atoms with E-state index in [0.29, 0.717) is 22.5 Å². The number of furan rings is 1. The number of aryl methyl sites for hydroxylation is 1. The number of fused-ring (bicyclic) bond motifs is 1. The molecule has 0 aliphatic heterocycles. The number of hydrogen-bond acceptors (Lipinski definition) is 4. The first-order valence-corrected chi connectivity index (χ1v) is 5.02. The number of carboxylic acid groups (broad SMARTS) is 1. The van der Waals surface area contributed by atoms with Crippen molar-refractivity contribution in [3.8, 4) is 5.75 Å². The lowest BCUT2D eigenvalue weighted by Crippen LogP contribution is -2.10. The second-order valence-electron chi connectivity index (χ2n) is 3.67. The van der Waals surface area contributed by atoms with Crippen molar-refractivity contribution in [2.75, 3.05) is 7.11 Å². The lowest BCUT2D eigenvalue weighted by atomic mass is 10.1. The first kappa shape index (κ1) is 11.5. The van der Waals surface area contributed by atoms with Crippen molar-refractivity contribution < 1.29 is 24.2 Å². The molecule has 0 amide bonds. The van der Waals surface area contributed by atoms with Gasteiger partial charge in [0.05, 0.1) is 7.11 Å². The van der Waals surface area contributed by atoms with E-state index in [1.54, 1.807) is 25.1 Å². The molecule has 5 nitrogen and oxygen atoms in total. The van der Waals surface area contributed by atoms with Gasteiger partial charge in [-0.15, -0.1) is 0 Å². The largest absolute Gasteiger partial charge is 0.497 e. The fourth-order valence-corrected chi connectivity index (χ4v) is 1.81. The molecule has 2 aromatic rings. The molecule has 90 valence electrons. The van der Waals surface area contributed by atoms with Gasteiger partial charge >= 0.3 is 5.97 Å². The van der Waals surface area contributed by atoms with Crippen molar-refractivity contribution in [1.29, 1.82) is 0 Å². The highest BCUT2D eigenvalue weighted by Crippen LogP contribution is 2.33. The number of benzene rings is 1. The van der Waals surface area contributed by atoms with Gasteiger partial charge in [0.25, 0.3) is 0 Å². The summed E-state index contributed by atoms with van der Waals surface area (Å²) >= 11 is 0. The lowest BCUT2D eigenvalue weighted by molar-refractivity contribution is -0.146. The van der Waals surface area contributed by atoms with E-state index in [-0.39, 0.29) is 5.56 Å². The third kappa shape index (κ3) is 1.85. The molecule has 0 spiro atoms. The molecule has 0 aliphatic rings. The Labute approximate surface area is 97.2 Å². The highest BCUT2D eigenvalue weighted by molar-refractivity contribution is 5.89. The van der Waals surface area contributed by atoms with E-state index in [1.165, 1.54) is 7.11 Å².